The first kappa shape index (κ1) is 38.1. The Morgan fingerprint density at radius 2 is 1.72 bits per heavy atom. The molecule has 1 spiro atoms. The molecule has 7 heterocycles. The molecular weight excluding hydrogens is 789 g/mol. The Hall–Kier alpha value is -6.13. The van der Waals surface area contributed by atoms with Crippen LogP contribution < -0.4 is 25.8 Å². The fraction of sp³-hybridized carbons (Fsp3) is 0.372. The SMILES string of the molecule is CNc1cc(N2CCc3c(-c4ccc(CN5CC6(CCN(C(=O)c7cccc(N8CCC(=O)NC8=O)c7Cl)CC6)C5)cn4)cccc32)nn2c(C(=O)N[C@@H]3C[C@@H]3F)cnc12. The van der Waals surface area contributed by atoms with Gasteiger partial charge in [-0.2, -0.15) is 0 Å². The van der Waals surface area contributed by atoms with Crippen molar-refractivity contribution in [3.8, 4) is 11.3 Å². The van der Waals surface area contributed by atoms with Gasteiger partial charge in [0, 0.05) is 89.2 Å². The number of benzene rings is 2. The van der Waals surface area contributed by atoms with Crippen LogP contribution in [0.4, 0.5) is 32.1 Å². The molecule has 3 N–H and O–H groups in total. The Morgan fingerprint density at radius 3 is 2.45 bits per heavy atom. The number of piperidine rings is 1. The summed E-state index contributed by atoms with van der Waals surface area (Å²) in [7, 11) is 1.80. The number of carbonyl (C=O) groups is 4. The number of aromatic nitrogens is 4. The highest BCUT2D eigenvalue weighted by atomic mass is 35.5. The third-order valence-electron chi connectivity index (χ3n) is 12.6. The molecule has 5 aliphatic rings. The minimum absolute atomic E-state index is 0.150. The van der Waals surface area contributed by atoms with Crippen molar-refractivity contribution in [1.82, 2.24) is 40.0 Å². The number of imidazole rings is 1. The Morgan fingerprint density at radius 1 is 0.950 bits per heavy atom. The molecule has 60 heavy (non-hydrogen) atoms. The van der Waals surface area contributed by atoms with E-state index in [0.717, 1.165) is 67.1 Å². The molecule has 3 saturated heterocycles. The van der Waals surface area contributed by atoms with Gasteiger partial charge in [-0.15, -0.1) is 5.10 Å². The van der Waals surface area contributed by atoms with Crippen molar-refractivity contribution >= 4 is 63.9 Å². The van der Waals surface area contributed by atoms with Gasteiger partial charge in [-0.3, -0.25) is 34.5 Å². The summed E-state index contributed by atoms with van der Waals surface area (Å²) < 4.78 is 15.1. The van der Waals surface area contributed by atoms with Gasteiger partial charge in [-0.1, -0.05) is 35.9 Å². The predicted octanol–water partition coefficient (Wildman–Crippen LogP) is 5.21. The molecule has 4 fully saturated rings. The Bertz CT molecular complexity index is 2570. The maximum atomic E-state index is 13.6. The summed E-state index contributed by atoms with van der Waals surface area (Å²) in [5.41, 5.74) is 7.73. The summed E-state index contributed by atoms with van der Waals surface area (Å²) in [6.45, 7) is 4.87. The van der Waals surface area contributed by atoms with E-state index in [1.807, 2.05) is 23.2 Å². The second-order valence-electron chi connectivity index (χ2n) is 16.5. The molecular formula is C43H43ClFN11O4. The highest BCUT2D eigenvalue weighted by Crippen LogP contribution is 2.43. The molecule has 3 aromatic heterocycles. The first-order valence-corrected chi connectivity index (χ1v) is 20.7. The van der Waals surface area contributed by atoms with Crippen molar-refractivity contribution in [2.45, 2.75) is 50.9 Å². The molecule has 17 heteroatoms. The van der Waals surface area contributed by atoms with Crippen molar-refractivity contribution in [2.24, 2.45) is 5.41 Å². The van der Waals surface area contributed by atoms with E-state index in [-0.39, 0.29) is 40.9 Å². The standard InChI is InChI=1S/C43H43ClFN11O4/c1-46-32-19-36(51-56-35(21-48-39(32)56)40(58)49-31-18-29(31)45)54-14-10-27-26(4-2-6-33(27)54)30-9-8-25(20-47-30)22-52-23-43(24-52)12-16-53(17-13-43)41(59)28-5-3-7-34(38(28)44)55-15-11-37(57)50-42(55)60/h2-9,19-21,29,31,46H,10-18,22-24H2,1H3,(H,49,58)(H,50,57,60)/t29-,31+/m0/s1. The number of carbonyl (C=O) groups excluding carboxylic acids is 4. The first-order chi connectivity index (χ1) is 29.1. The van der Waals surface area contributed by atoms with Gasteiger partial charge in [0.25, 0.3) is 11.8 Å². The molecule has 0 bridgehead atoms. The van der Waals surface area contributed by atoms with Gasteiger partial charge in [0.15, 0.2) is 17.2 Å². The molecule has 2 atom stereocenters. The third kappa shape index (κ3) is 6.76. The second kappa shape index (κ2) is 14.9. The normalized spacial score (nSPS) is 20.9. The average Bonchev–Trinajstić information content (AvgIpc) is 3.55. The van der Waals surface area contributed by atoms with E-state index < -0.39 is 24.2 Å². The van der Waals surface area contributed by atoms with Crippen molar-refractivity contribution in [3.63, 3.8) is 0 Å². The summed E-state index contributed by atoms with van der Waals surface area (Å²) in [6.07, 6.45) is 5.51. The lowest BCUT2D eigenvalue weighted by Crippen LogP contribution is -2.60. The summed E-state index contributed by atoms with van der Waals surface area (Å²) >= 11 is 6.70. The highest BCUT2D eigenvalue weighted by molar-refractivity contribution is 6.37. The molecule has 0 radical (unpaired) electrons. The van der Waals surface area contributed by atoms with E-state index in [1.54, 1.807) is 25.2 Å². The number of amides is 5. The van der Waals surface area contributed by atoms with E-state index >= 15 is 0 Å². The monoisotopic (exact) mass is 831 g/mol. The Kier molecular flexibility index (Phi) is 9.43. The van der Waals surface area contributed by atoms with Gasteiger partial charge in [0.05, 0.1) is 39.9 Å². The van der Waals surface area contributed by atoms with Crippen molar-refractivity contribution in [3.05, 3.63) is 94.4 Å². The zero-order valence-electron chi connectivity index (χ0n) is 33.0. The zero-order chi connectivity index (χ0) is 41.3. The number of hydrogen-bond donors (Lipinski definition) is 3. The minimum atomic E-state index is -1.01. The van der Waals surface area contributed by atoms with Crippen molar-refractivity contribution < 1.29 is 23.6 Å². The van der Waals surface area contributed by atoms with Crippen LogP contribution >= 0.6 is 11.6 Å². The van der Waals surface area contributed by atoms with Gasteiger partial charge in [-0.25, -0.2) is 18.7 Å². The molecule has 5 aromatic rings. The van der Waals surface area contributed by atoms with Gasteiger partial charge in [0.1, 0.15) is 6.17 Å². The van der Waals surface area contributed by atoms with E-state index in [2.05, 4.69) is 55.0 Å². The molecule has 1 saturated carbocycles. The Labute approximate surface area is 349 Å². The van der Waals surface area contributed by atoms with Crippen LogP contribution in [0, 0.1) is 5.41 Å². The number of pyridine rings is 1. The number of halogens is 2. The quantitative estimate of drug-likeness (QED) is 0.180. The molecule has 15 nitrogen and oxygen atoms in total. The van der Waals surface area contributed by atoms with Crippen LogP contribution in [0.15, 0.2) is 67.0 Å². The lowest BCUT2D eigenvalue weighted by Gasteiger charge is -2.54. The molecule has 4 aliphatic heterocycles. The topological polar surface area (TPSA) is 160 Å². The number of urea groups is 1. The number of imide groups is 1. The van der Waals surface area contributed by atoms with Crippen LogP contribution in [0.3, 0.4) is 0 Å². The summed E-state index contributed by atoms with van der Waals surface area (Å²) in [4.78, 5) is 67.9. The predicted molar refractivity (Wildman–Crippen MR) is 223 cm³/mol. The van der Waals surface area contributed by atoms with E-state index in [1.165, 1.54) is 21.2 Å². The molecule has 1 aliphatic carbocycles. The minimum Gasteiger partial charge on any atom is -0.385 e. The average molecular weight is 832 g/mol. The molecule has 308 valence electrons. The maximum absolute atomic E-state index is 13.6. The van der Waals surface area contributed by atoms with Crippen LogP contribution in [-0.2, 0) is 17.8 Å². The number of anilines is 4. The number of nitrogens with zero attached hydrogens (tertiary/aromatic N) is 8. The number of alkyl halides is 1. The lowest BCUT2D eigenvalue weighted by molar-refractivity contribution is -0.120. The molecule has 0 unspecified atom stereocenters. The van der Waals surface area contributed by atoms with Gasteiger partial charge in [0.2, 0.25) is 5.91 Å². The largest absolute Gasteiger partial charge is 0.385 e. The summed E-state index contributed by atoms with van der Waals surface area (Å²) in [6, 6.07) is 16.5. The first-order valence-electron chi connectivity index (χ1n) is 20.4. The highest BCUT2D eigenvalue weighted by Gasteiger charge is 2.45. The zero-order valence-corrected chi connectivity index (χ0v) is 33.7. The summed E-state index contributed by atoms with van der Waals surface area (Å²) in [5, 5.41) is 13.3. The van der Waals surface area contributed by atoms with Crippen LogP contribution in [-0.4, -0.2) is 112 Å². The van der Waals surface area contributed by atoms with E-state index in [9.17, 15) is 23.6 Å². The number of fused-ring (bicyclic) bond motifs is 2. The number of likely N-dealkylation sites (tertiary alicyclic amines) is 2. The van der Waals surface area contributed by atoms with Crippen LogP contribution in [0.25, 0.3) is 16.9 Å². The fourth-order valence-corrected chi connectivity index (χ4v) is 9.51. The van der Waals surface area contributed by atoms with Gasteiger partial charge >= 0.3 is 6.03 Å². The van der Waals surface area contributed by atoms with E-state index in [4.69, 9.17) is 21.7 Å². The Balaban J connectivity index is 0.770. The molecule has 5 amide bonds. The van der Waals surface area contributed by atoms with Crippen molar-refractivity contribution in [1.29, 1.82) is 0 Å². The van der Waals surface area contributed by atoms with Gasteiger partial charge in [-0.05, 0) is 60.1 Å². The van der Waals surface area contributed by atoms with Gasteiger partial charge < -0.3 is 20.4 Å². The van der Waals surface area contributed by atoms with E-state index in [0.29, 0.717) is 48.8 Å². The van der Waals surface area contributed by atoms with Crippen LogP contribution in [0.1, 0.15) is 57.7 Å². The van der Waals surface area contributed by atoms with Crippen LogP contribution in [0.5, 0.6) is 0 Å². The number of hydrogen-bond acceptors (Lipinski definition) is 10. The smallest absolute Gasteiger partial charge is 0.328 e. The molecule has 10 rings (SSSR count). The third-order valence-corrected chi connectivity index (χ3v) is 13.0. The molecule has 2 aromatic carbocycles. The second-order valence-corrected chi connectivity index (χ2v) is 16.8. The van der Waals surface area contributed by atoms with Crippen LogP contribution in [0.2, 0.25) is 5.02 Å². The van der Waals surface area contributed by atoms with Crippen molar-refractivity contribution in [2.75, 3.05) is 61.4 Å². The maximum Gasteiger partial charge on any atom is 0.328 e. The lowest BCUT2D eigenvalue weighted by atomic mass is 9.72. The number of rotatable bonds is 9. The number of nitrogens with one attached hydrogen (secondary N) is 3. The summed E-state index contributed by atoms with van der Waals surface area (Å²) in [5.74, 6) is -0.218. The fourth-order valence-electron chi connectivity index (χ4n) is 9.20.